The summed E-state index contributed by atoms with van der Waals surface area (Å²) in [5, 5.41) is 7.37. The van der Waals surface area contributed by atoms with E-state index in [0.717, 1.165) is 36.8 Å². The zero-order valence-corrected chi connectivity index (χ0v) is 20.8. The van der Waals surface area contributed by atoms with Crippen molar-refractivity contribution in [3.8, 4) is 11.3 Å². The Balaban J connectivity index is 1.23. The van der Waals surface area contributed by atoms with Crippen LogP contribution < -0.4 is 5.32 Å². The highest BCUT2D eigenvalue weighted by molar-refractivity contribution is 5.93. The first-order valence-corrected chi connectivity index (χ1v) is 13.0. The van der Waals surface area contributed by atoms with Crippen LogP contribution in [0.5, 0.6) is 0 Å². The molecule has 0 bridgehead atoms. The van der Waals surface area contributed by atoms with Crippen LogP contribution in [0, 0.1) is 5.92 Å². The van der Waals surface area contributed by atoms with Gasteiger partial charge in [-0.05, 0) is 36.8 Å². The van der Waals surface area contributed by atoms with E-state index in [0.29, 0.717) is 31.2 Å². The highest BCUT2D eigenvalue weighted by atomic mass is 16.5. The van der Waals surface area contributed by atoms with E-state index in [2.05, 4.69) is 29.2 Å². The summed E-state index contributed by atoms with van der Waals surface area (Å²) in [6.07, 6.45) is 4.90. The Hall–Kier alpha value is -3.71. The molecule has 1 saturated carbocycles. The van der Waals surface area contributed by atoms with Crippen LogP contribution in [0.2, 0.25) is 0 Å². The molecule has 7 nitrogen and oxygen atoms in total. The van der Waals surface area contributed by atoms with Crippen LogP contribution in [0.15, 0.2) is 77.8 Å². The van der Waals surface area contributed by atoms with E-state index < -0.39 is 0 Å². The number of carbonyl (C=O) groups is 2. The minimum absolute atomic E-state index is 0.108. The van der Waals surface area contributed by atoms with E-state index in [4.69, 9.17) is 9.26 Å². The number of piperidine rings is 1. The predicted molar refractivity (Wildman–Crippen MR) is 139 cm³/mol. The van der Waals surface area contributed by atoms with Crippen molar-refractivity contribution in [3.63, 3.8) is 0 Å². The molecule has 2 amide bonds. The maximum absolute atomic E-state index is 13.3. The summed E-state index contributed by atoms with van der Waals surface area (Å²) >= 11 is 0. The molecule has 2 atom stereocenters. The highest BCUT2D eigenvalue weighted by Gasteiger charge is 2.55. The maximum Gasteiger partial charge on any atom is 0.276 e. The van der Waals surface area contributed by atoms with Crippen molar-refractivity contribution in [2.24, 2.45) is 5.92 Å². The fraction of sp³-hybridized carbons (Fsp3) is 0.367. The summed E-state index contributed by atoms with van der Waals surface area (Å²) in [6.45, 7) is 5.38. The Labute approximate surface area is 216 Å². The lowest BCUT2D eigenvalue weighted by Gasteiger charge is -2.44. The van der Waals surface area contributed by atoms with Crippen molar-refractivity contribution in [2.75, 3.05) is 19.7 Å². The van der Waals surface area contributed by atoms with Gasteiger partial charge in [0.05, 0.1) is 18.8 Å². The zero-order valence-electron chi connectivity index (χ0n) is 20.8. The summed E-state index contributed by atoms with van der Waals surface area (Å²) in [4.78, 5) is 28.0. The molecule has 37 heavy (non-hydrogen) atoms. The molecule has 190 valence electrons. The van der Waals surface area contributed by atoms with Gasteiger partial charge in [-0.3, -0.25) is 9.59 Å². The summed E-state index contributed by atoms with van der Waals surface area (Å²) in [6, 6.07) is 19.5. The van der Waals surface area contributed by atoms with Gasteiger partial charge in [-0.2, -0.15) is 0 Å². The van der Waals surface area contributed by atoms with Gasteiger partial charge in [0.1, 0.15) is 0 Å². The number of ether oxygens (including phenoxy) is 1. The first-order valence-electron chi connectivity index (χ1n) is 13.0. The van der Waals surface area contributed by atoms with Gasteiger partial charge >= 0.3 is 0 Å². The quantitative estimate of drug-likeness (QED) is 0.480. The summed E-state index contributed by atoms with van der Waals surface area (Å²) in [5.41, 5.74) is 3.24. The van der Waals surface area contributed by atoms with Crippen LogP contribution in [0.1, 0.15) is 53.3 Å². The van der Waals surface area contributed by atoms with Crippen LogP contribution in [-0.4, -0.2) is 47.7 Å². The number of rotatable bonds is 7. The smallest absolute Gasteiger partial charge is 0.276 e. The van der Waals surface area contributed by atoms with Crippen molar-refractivity contribution >= 4 is 11.8 Å². The van der Waals surface area contributed by atoms with Gasteiger partial charge in [0.15, 0.2) is 11.5 Å². The first kappa shape index (κ1) is 23.7. The Morgan fingerprint density at radius 3 is 2.57 bits per heavy atom. The number of likely N-dealkylation sites (tertiary alicyclic amines) is 1. The number of fused-ring (bicyclic) bond motifs is 2. The van der Waals surface area contributed by atoms with Crippen LogP contribution >= 0.6 is 0 Å². The third-order valence-corrected chi connectivity index (χ3v) is 8.05. The van der Waals surface area contributed by atoms with Gasteiger partial charge in [-0.1, -0.05) is 65.8 Å². The molecular weight excluding hydrogens is 466 g/mol. The van der Waals surface area contributed by atoms with Gasteiger partial charge < -0.3 is 19.5 Å². The standard InChI is InChI=1S/C30H31N3O4/c1-2-18-36-27-26(31-28(34)21-12-13-21)22-10-6-7-11-23(22)30(27)14-16-33(17-15-30)29(35)24-19-25(37-32-24)20-8-4-3-5-9-20/h2-11,19,21,26-27H,1,12-18H2,(H,31,34)/t26-,27+/m0/s1. The monoisotopic (exact) mass is 497 g/mol. The van der Waals surface area contributed by atoms with E-state index in [1.165, 1.54) is 5.56 Å². The Morgan fingerprint density at radius 1 is 1.11 bits per heavy atom. The Bertz CT molecular complexity index is 1310. The summed E-state index contributed by atoms with van der Waals surface area (Å²) < 4.78 is 11.9. The lowest BCUT2D eigenvalue weighted by atomic mass is 9.71. The lowest BCUT2D eigenvalue weighted by molar-refractivity contribution is -0.125. The van der Waals surface area contributed by atoms with Crippen molar-refractivity contribution in [3.05, 3.63) is 90.1 Å². The minimum Gasteiger partial charge on any atom is -0.371 e. The molecule has 1 spiro atoms. The zero-order chi connectivity index (χ0) is 25.4. The molecule has 2 aromatic carbocycles. The molecule has 7 heteroatoms. The van der Waals surface area contributed by atoms with Gasteiger partial charge in [0.2, 0.25) is 5.91 Å². The van der Waals surface area contributed by atoms with Gasteiger partial charge in [0, 0.05) is 36.1 Å². The van der Waals surface area contributed by atoms with Gasteiger partial charge in [0.25, 0.3) is 5.91 Å². The van der Waals surface area contributed by atoms with Crippen molar-refractivity contribution < 1.29 is 18.8 Å². The first-order chi connectivity index (χ1) is 18.1. The van der Waals surface area contributed by atoms with Crippen molar-refractivity contribution in [1.29, 1.82) is 0 Å². The molecule has 1 aliphatic heterocycles. The fourth-order valence-electron chi connectivity index (χ4n) is 5.99. The van der Waals surface area contributed by atoms with Crippen LogP contribution in [0.25, 0.3) is 11.3 Å². The molecule has 2 heterocycles. The van der Waals surface area contributed by atoms with Crippen LogP contribution in [0.4, 0.5) is 0 Å². The molecular formula is C30H31N3O4. The molecule has 3 aromatic rings. The maximum atomic E-state index is 13.3. The fourth-order valence-corrected chi connectivity index (χ4v) is 5.99. The summed E-state index contributed by atoms with van der Waals surface area (Å²) in [5.74, 6) is 0.673. The second kappa shape index (κ2) is 9.63. The van der Waals surface area contributed by atoms with E-state index in [9.17, 15) is 9.59 Å². The molecule has 3 aliphatic rings. The number of nitrogens with one attached hydrogen (secondary N) is 1. The number of hydrogen-bond donors (Lipinski definition) is 1. The number of hydrogen-bond acceptors (Lipinski definition) is 5. The molecule has 0 radical (unpaired) electrons. The number of benzene rings is 2. The molecule has 6 rings (SSSR count). The number of nitrogens with zero attached hydrogens (tertiary/aromatic N) is 2. The van der Waals surface area contributed by atoms with Crippen molar-refractivity contribution in [1.82, 2.24) is 15.4 Å². The molecule has 1 N–H and O–H groups in total. The third-order valence-electron chi connectivity index (χ3n) is 8.05. The molecule has 0 unspecified atom stereocenters. The Kier molecular flexibility index (Phi) is 6.16. The van der Waals surface area contributed by atoms with Gasteiger partial charge in [-0.15, -0.1) is 6.58 Å². The van der Waals surface area contributed by atoms with Crippen molar-refractivity contribution in [2.45, 2.75) is 43.2 Å². The number of amides is 2. The predicted octanol–water partition coefficient (Wildman–Crippen LogP) is 4.67. The second-order valence-corrected chi connectivity index (χ2v) is 10.3. The molecule has 1 aromatic heterocycles. The van der Waals surface area contributed by atoms with E-state index >= 15 is 0 Å². The lowest BCUT2D eigenvalue weighted by Crippen LogP contribution is -2.52. The molecule has 1 saturated heterocycles. The third kappa shape index (κ3) is 4.27. The van der Waals surface area contributed by atoms with Gasteiger partial charge in [-0.25, -0.2) is 0 Å². The normalized spacial score (nSPS) is 22.0. The van der Waals surface area contributed by atoms with Crippen LogP contribution in [0.3, 0.4) is 0 Å². The average molecular weight is 498 g/mol. The van der Waals surface area contributed by atoms with E-state index in [-0.39, 0.29) is 35.3 Å². The minimum atomic E-state index is -0.295. The summed E-state index contributed by atoms with van der Waals surface area (Å²) in [7, 11) is 0. The molecule has 2 fully saturated rings. The number of carbonyl (C=O) groups excluding carboxylic acids is 2. The number of aromatic nitrogens is 1. The van der Waals surface area contributed by atoms with E-state index in [1.807, 2.05) is 47.4 Å². The van der Waals surface area contributed by atoms with Crippen LogP contribution in [-0.2, 0) is 14.9 Å². The molecule has 2 aliphatic carbocycles. The Morgan fingerprint density at radius 2 is 1.84 bits per heavy atom. The highest BCUT2D eigenvalue weighted by Crippen LogP contribution is 2.52. The average Bonchev–Trinajstić information content (AvgIpc) is 3.63. The topological polar surface area (TPSA) is 84.7 Å². The SMILES string of the molecule is C=CCO[C@@H]1[C@@H](NC(=O)C2CC2)c2ccccc2C12CCN(C(=O)c1cc(-c3ccccc3)on1)CC2. The largest absolute Gasteiger partial charge is 0.371 e. The second-order valence-electron chi connectivity index (χ2n) is 10.3. The van der Waals surface area contributed by atoms with E-state index in [1.54, 1.807) is 12.1 Å².